The number of hydrogen-bond donors (Lipinski definition) is 0. The van der Waals surface area contributed by atoms with E-state index in [-0.39, 0.29) is 0 Å². The van der Waals surface area contributed by atoms with Crippen molar-refractivity contribution in [2.75, 3.05) is 0 Å². The molecule has 3 fully saturated rings. The van der Waals surface area contributed by atoms with Gasteiger partial charge in [0.2, 0.25) is 0 Å². The fraction of sp³-hybridized carbons (Fsp3) is 0.810. The zero-order valence-corrected chi connectivity index (χ0v) is 14.5. The fourth-order valence-electron chi connectivity index (χ4n) is 7.26. The normalized spacial score (nSPS) is 51.0. The van der Waals surface area contributed by atoms with Crippen molar-refractivity contribution >= 4 is 0 Å². The highest BCUT2D eigenvalue weighted by atomic mass is 14.6. The topological polar surface area (TPSA) is 0 Å². The van der Waals surface area contributed by atoms with Gasteiger partial charge in [-0.25, -0.2) is 0 Å². The van der Waals surface area contributed by atoms with E-state index in [1.807, 2.05) is 5.57 Å². The third kappa shape index (κ3) is 1.68. The molecule has 4 aliphatic rings. The highest BCUT2D eigenvalue weighted by molar-refractivity contribution is 5.32. The second-order valence-corrected chi connectivity index (χ2v) is 8.90. The van der Waals surface area contributed by atoms with Crippen molar-refractivity contribution in [3.63, 3.8) is 0 Å². The minimum Gasteiger partial charge on any atom is -0.0879 e. The second-order valence-electron chi connectivity index (χ2n) is 8.90. The Labute approximate surface area is 131 Å². The Morgan fingerprint density at radius 1 is 0.905 bits per heavy atom. The van der Waals surface area contributed by atoms with Gasteiger partial charge in [-0.1, -0.05) is 36.6 Å². The van der Waals surface area contributed by atoms with Crippen LogP contribution in [0.5, 0.6) is 0 Å². The van der Waals surface area contributed by atoms with Crippen molar-refractivity contribution in [1.29, 1.82) is 0 Å². The highest BCUT2D eigenvalue weighted by Crippen LogP contribution is 2.67. The van der Waals surface area contributed by atoms with Crippen LogP contribution < -0.4 is 0 Å². The van der Waals surface area contributed by atoms with E-state index in [1.165, 1.54) is 51.4 Å². The zero-order chi connectivity index (χ0) is 14.8. The van der Waals surface area contributed by atoms with Gasteiger partial charge in [0.15, 0.2) is 0 Å². The predicted octanol–water partition coefficient (Wildman–Crippen LogP) is 6.29. The van der Waals surface area contributed by atoms with Gasteiger partial charge in [-0.15, -0.1) is 0 Å². The molecule has 5 atom stereocenters. The molecule has 4 rings (SSSR count). The molecule has 3 saturated carbocycles. The Balaban J connectivity index is 1.70. The van der Waals surface area contributed by atoms with Crippen LogP contribution in [0, 0.1) is 28.6 Å². The molecular formula is C21H32. The van der Waals surface area contributed by atoms with Crippen LogP contribution in [0.3, 0.4) is 0 Å². The smallest absolute Gasteiger partial charge is 0.00798 e. The maximum absolute atomic E-state index is 2.63. The van der Waals surface area contributed by atoms with Crippen LogP contribution in [0.15, 0.2) is 22.8 Å². The first kappa shape index (κ1) is 14.1. The summed E-state index contributed by atoms with van der Waals surface area (Å²) >= 11 is 0. The Kier molecular flexibility index (Phi) is 3.02. The largest absolute Gasteiger partial charge is 0.0879 e. The Hall–Kier alpha value is -0.520. The Bertz CT molecular complexity index is 522. The van der Waals surface area contributed by atoms with Gasteiger partial charge in [-0.2, -0.15) is 0 Å². The first-order valence-electron chi connectivity index (χ1n) is 9.35. The molecule has 0 nitrogen and oxygen atoms in total. The number of fused-ring (bicyclic) bond motifs is 5. The third-order valence-electron chi connectivity index (χ3n) is 8.40. The summed E-state index contributed by atoms with van der Waals surface area (Å²) in [6, 6.07) is 0. The molecule has 0 heteroatoms. The summed E-state index contributed by atoms with van der Waals surface area (Å²) in [5.41, 5.74) is 6.57. The molecule has 0 aromatic rings. The molecule has 0 aliphatic heterocycles. The molecule has 0 spiro atoms. The van der Waals surface area contributed by atoms with E-state index in [0.29, 0.717) is 10.8 Å². The van der Waals surface area contributed by atoms with Gasteiger partial charge in [0.05, 0.1) is 0 Å². The van der Waals surface area contributed by atoms with Crippen LogP contribution in [0.2, 0.25) is 0 Å². The molecule has 0 heterocycles. The molecule has 4 aliphatic carbocycles. The average molecular weight is 284 g/mol. The van der Waals surface area contributed by atoms with Crippen LogP contribution in [0.1, 0.15) is 79.1 Å². The molecule has 0 unspecified atom stereocenters. The first-order chi connectivity index (χ1) is 10.0. The summed E-state index contributed by atoms with van der Waals surface area (Å²) in [5, 5.41) is 0. The maximum atomic E-state index is 2.63. The average Bonchev–Trinajstić information content (AvgIpc) is 2.96. The fourth-order valence-corrected chi connectivity index (χ4v) is 7.26. The van der Waals surface area contributed by atoms with Crippen LogP contribution in [0.4, 0.5) is 0 Å². The molecule has 0 aromatic carbocycles. The number of allylic oxidation sites excluding steroid dienone is 4. The third-order valence-corrected chi connectivity index (χ3v) is 8.40. The summed E-state index contributed by atoms with van der Waals surface area (Å²) in [4.78, 5) is 0. The molecule has 0 aromatic heterocycles. The molecular weight excluding hydrogens is 252 g/mol. The van der Waals surface area contributed by atoms with Crippen LogP contribution >= 0.6 is 0 Å². The van der Waals surface area contributed by atoms with E-state index >= 15 is 0 Å². The maximum Gasteiger partial charge on any atom is -0.00798 e. The molecule has 0 N–H and O–H groups in total. The lowest BCUT2D eigenvalue weighted by Crippen LogP contribution is -2.47. The summed E-state index contributed by atoms with van der Waals surface area (Å²) < 4.78 is 0. The summed E-state index contributed by atoms with van der Waals surface area (Å²) in [6.45, 7) is 9.92. The van der Waals surface area contributed by atoms with Crippen molar-refractivity contribution in [2.24, 2.45) is 28.6 Å². The van der Waals surface area contributed by atoms with Gasteiger partial charge in [0.25, 0.3) is 0 Å². The molecule has 0 bridgehead atoms. The van der Waals surface area contributed by atoms with Gasteiger partial charge in [0, 0.05) is 0 Å². The zero-order valence-electron chi connectivity index (χ0n) is 14.5. The van der Waals surface area contributed by atoms with Crippen molar-refractivity contribution < 1.29 is 0 Å². The lowest BCUT2D eigenvalue weighted by molar-refractivity contribution is -0.0180. The van der Waals surface area contributed by atoms with E-state index < -0.39 is 0 Å². The highest BCUT2D eigenvalue weighted by Gasteiger charge is 2.57. The molecule has 21 heavy (non-hydrogen) atoms. The summed E-state index contributed by atoms with van der Waals surface area (Å²) in [6.07, 6.45) is 14.0. The van der Waals surface area contributed by atoms with Crippen LogP contribution in [-0.2, 0) is 0 Å². The predicted molar refractivity (Wildman–Crippen MR) is 90.1 cm³/mol. The summed E-state index contributed by atoms with van der Waals surface area (Å²) in [5.74, 6) is 3.00. The van der Waals surface area contributed by atoms with Crippen molar-refractivity contribution in [1.82, 2.24) is 0 Å². The number of rotatable bonds is 0. The standard InChI is InChI=1S/C21H32/c1-5-15-6-8-18-16-7-9-17-14(2)10-12-21(17,4)19(16)11-13-20(15,18)3/h5,16,18-19H,6-13H2,1-4H3/t16-,18-,19-,20+,21-/m0/s1. The van der Waals surface area contributed by atoms with Crippen molar-refractivity contribution in [3.05, 3.63) is 22.8 Å². The van der Waals surface area contributed by atoms with Gasteiger partial charge >= 0.3 is 0 Å². The van der Waals surface area contributed by atoms with E-state index in [1.54, 1.807) is 11.1 Å². The second kappa shape index (κ2) is 4.49. The monoisotopic (exact) mass is 284 g/mol. The van der Waals surface area contributed by atoms with E-state index in [4.69, 9.17) is 0 Å². The van der Waals surface area contributed by atoms with Crippen LogP contribution in [0.25, 0.3) is 0 Å². The minimum absolute atomic E-state index is 0.557. The van der Waals surface area contributed by atoms with E-state index in [9.17, 15) is 0 Å². The van der Waals surface area contributed by atoms with Gasteiger partial charge in [0.1, 0.15) is 0 Å². The first-order valence-corrected chi connectivity index (χ1v) is 9.35. The molecule has 116 valence electrons. The van der Waals surface area contributed by atoms with Crippen molar-refractivity contribution in [3.8, 4) is 0 Å². The van der Waals surface area contributed by atoms with Gasteiger partial charge in [-0.05, 0) is 93.8 Å². The van der Waals surface area contributed by atoms with E-state index in [2.05, 4.69) is 33.8 Å². The lowest BCUT2D eigenvalue weighted by Gasteiger charge is -2.56. The Morgan fingerprint density at radius 3 is 2.43 bits per heavy atom. The van der Waals surface area contributed by atoms with Crippen molar-refractivity contribution in [2.45, 2.75) is 79.1 Å². The Morgan fingerprint density at radius 2 is 1.67 bits per heavy atom. The van der Waals surface area contributed by atoms with Gasteiger partial charge in [-0.3, -0.25) is 0 Å². The minimum atomic E-state index is 0.557. The summed E-state index contributed by atoms with van der Waals surface area (Å²) in [7, 11) is 0. The molecule has 0 saturated heterocycles. The molecule has 0 amide bonds. The van der Waals surface area contributed by atoms with Gasteiger partial charge < -0.3 is 0 Å². The number of hydrogen-bond acceptors (Lipinski definition) is 0. The molecule has 0 radical (unpaired) electrons. The lowest BCUT2D eigenvalue weighted by atomic mass is 9.49. The quantitative estimate of drug-likeness (QED) is 0.459. The SMILES string of the molecule is CC=C1CC[C@H]2[C@@H]3CCC4=C(C)CC[C@]4(C)[C@H]3CC[C@]12C. The van der Waals surface area contributed by atoms with Crippen LogP contribution in [-0.4, -0.2) is 0 Å². The van der Waals surface area contributed by atoms with E-state index in [0.717, 1.165) is 17.8 Å².